The lowest BCUT2D eigenvalue weighted by atomic mass is 10.0. The van der Waals surface area contributed by atoms with Crippen LogP contribution in [0, 0.1) is 0 Å². The van der Waals surface area contributed by atoms with Crippen molar-refractivity contribution >= 4 is 5.91 Å². The smallest absolute Gasteiger partial charge is 0.243 e. The van der Waals surface area contributed by atoms with Crippen LogP contribution < -0.4 is 5.32 Å². The molecule has 0 aliphatic rings. The van der Waals surface area contributed by atoms with Gasteiger partial charge in [0, 0.05) is 19.7 Å². The Hall–Kier alpha value is -1.35. The number of allylic oxidation sites excluding steroid dienone is 4. The van der Waals surface area contributed by atoms with Gasteiger partial charge in [-0.15, -0.1) is 0 Å². The van der Waals surface area contributed by atoms with E-state index in [9.17, 15) is 4.79 Å². The molecule has 1 N–H and O–H groups in total. The summed E-state index contributed by atoms with van der Waals surface area (Å²) in [6.45, 7) is 5.91. The summed E-state index contributed by atoms with van der Waals surface area (Å²) in [5.74, 6) is -0.0136. The average Bonchev–Trinajstić information content (AvgIpc) is 2.87. The lowest BCUT2D eigenvalue weighted by molar-refractivity contribution is -0.116. The first kappa shape index (κ1) is 33.7. The number of nitrogens with one attached hydrogen (secondary N) is 1. The molecule has 0 fully saturated rings. The van der Waals surface area contributed by atoms with Gasteiger partial charge in [0.25, 0.3) is 0 Å². The first-order chi connectivity index (χ1) is 17.2. The van der Waals surface area contributed by atoms with Crippen LogP contribution in [0.5, 0.6) is 0 Å². The first-order valence-electron chi connectivity index (χ1n) is 15.0. The van der Waals surface area contributed by atoms with E-state index in [4.69, 9.17) is 4.74 Å². The minimum Gasteiger partial charge on any atom is -0.377 e. The van der Waals surface area contributed by atoms with Gasteiger partial charge in [0.05, 0.1) is 6.61 Å². The molecule has 0 heterocycles. The van der Waals surface area contributed by atoms with Crippen molar-refractivity contribution in [3.63, 3.8) is 0 Å². The Labute approximate surface area is 219 Å². The molecule has 35 heavy (non-hydrogen) atoms. The van der Waals surface area contributed by atoms with Gasteiger partial charge in [0.1, 0.15) is 0 Å². The van der Waals surface area contributed by atoms with Gasteiger partial charge < -0.3 is 10.1 Å². The fourth-order valence-electron chi connectivity index (χ4n) is 4.15. The van der Waals surface area contributed by atoms with Crippen LogP contribution in [0.4, 0.5) is 0 Å². The summed E-state index contributed by atoms with van der Waals surface area (Å²) >= 11 is 0. The largest absolute Gasteiger partial charge is 0.377 e. The summed E-state index contributed by atoms with van der Waals surface area (Å²) in [5, 5.41) is 2.70. The van der Waals surface area contributed by atoms with Crippen molar-refractivity contribution in [2.24, 2.45) is 0 Å². The summed E-state index contributed by atoms with van der Waals surface area (Å²) < 4.78 is 5.91. The number of hydrogen-bond acceptors (Lipinski definition) is 2. The third-order valence-corrected chi connectivity index (χ3v) is 6.46. The maximum absolute atomic E-state index is 11.8. The van der Waals surface area contributed by atoms with Gasteiger partial charge in [-0.2, -0.15) is 0 Å². The van der Waals surface area contributed by atoms with Gasteiger partial charge >= 0.3 is 0 Å². The zero-order valence-electron chi connectivity index (χ0n) is 23.8. The topological polar surface area (TPSA) is 38.3 Å². The second-order valence-electron chi connectivity index (χ2n) is 9.93. The molecule has 0 aromatic heterocycles. The molecule has 1 amide bonds. The van der Waals surface area contributed by atoms with Gasteiger partial charge in [-0.3, -0.25) is 4.79 Å². The summed E-state index contributed by atoms with van der Waals surface area (Å²) in [7, 11) is 1.69. The van der Waals surface area contributed by atoms with Gasteiger partial charge in [-0.1, -0.05) is 115 Å². The second-order valence-corrected chi connectivity index (χ2v) is 9.93. The van der Waals surface area contributed by atoms with Crippen LogP contribution >= 0.6 is 0 Å². The van der Waals surface area contributed by atoms with E-state index in [1.807, 2.05) is 0 Å². The van der Waals surface area contributed by atoms with Crippen molar-refractivity contribution in [3.8, 4) is 0 Å². The highest BCUT2D eigenvalue weighted by Crippen LogP contribution is 2.14. The van der Waals surface area contributed by atoms with Crippen molar-refractivity contribution in [1.82, 2.24) is 5.32 Å². The number of carbonyl (C=O) groups is 1. The maximum Gasteiger partial charge on any atom is 0.243 e. The third kappa shape index (κ3) is 27.1. The van der Waals surface area contributed by atoms with Crippen LogP contribution in [0.3, 0.4) is 0 Å². The molecule has 0 radical (unpaired) electrons. The predicted octanol–water partition coefficient (Wildman–Crippen LogP) is 9.63. The van der Waals surface area contributed by atoms with E-state index in [2.05, 4.69) is 43.5 Å². The fourth-order valence-corrected chi connectivity index (χ4v) is 4.15. The number of likely N-dealkylation sites (N-methyl/N-ethyl adjacent to an activating group) is 1. The van der Waals surface area contributed by atoms with Crippen LogP contribution in [0.15, 0.2) is 36.0 Å². The number of unbranched alkanes of at least 4 members (excludes halogenated alkanes) is 15. The molecule has 0 spiro atoms. The Balaban J connectivity index is 3.66. The predicted molar refractivity (Wildman–Crippen MR) is 155 cm³/mol. The third-order valence-electron chi connectivity index (χ3n) is 6.46. The minimum atomic E-state index is -0.0136. The lowest BCUT2D eigenvalue weighted by Crippen LogP contribution is -2.16. The molecule has 3 nitrogen and oxygen atoms in total. The number of carbonyl (C=O) groups excluding carboxylic acids is 1. The SMILES string of the molecule is CCCCC/C=C\C/C=C\CCCCCCCCOC/C(=C/C(=O)NC)CCCCCCCCC. The van der Waals surface area contributed by atoms with Crippen LogP contribution in [0.2, 0.25) is 0 Å². The van der Waals surface area contributed by atoms with Crippen LogP contribution in [-0.4, -0.2) is 26.2 Å². The van der Waals surface area contributed by atoms with E-state index < -0.39 is 0 Å². The fraction of sp³-hybridized carbons (Fsp3) is 0.781. The number of ether oxygens (including phenoxy) is 1. The number of hydrogen-bond donors (Lipinski definition) is 1. The Kier molecular flexibility index (Phi) is 27.8. The molecular formula is C32H59NO2. The lowest BCUT2D eigenvalue weighted by Gasteiger charge is -2.09. The molecule has 0 unspecified atom stereocenters. The monoisotopic (exact) mass is 489 g/mol. The summed E-state index contributed by atoms with van der Waals surface area (Å²) in [4.78, 5) is 11.8. The van der Waals surface area contributed by atoms with E-state index in [1.54, 1.807) is 13.1 Å². The molecular weight excluding hydrogens is 430 g/mol. The summed E-state index contributed by atoms with van der Waals surface area (Å²) in [6, 6.07) is 0. The van der Waals surface area contributed by atoms with Crippen molar-refractivity contribution < 1.29 is 9.53 Å². The van der Waals surface area contributed by atoms with Crippen molar-refractivity contribution in [2.75, 3.05) is 20.3 Å². The van der Waals surface area contributed by atoms with Gasteiger partial charge in [-0.25, -0.2) is 0 Å². The van der Waals surface area contributed by atoms with Gasteiger partial charge in [-0.05, 0) is 56.9 Å². The van der Waals surface area contributed by atoms with Crippen LogP contribution in [-0.2, 0) is 9.53 Å². The molecule has 0 saturated heterocycles. The Morgan fingerprint density at radius 2 is 1.17 bits per heavy atom. The minimum absolute atomic E-state index is 0.0136. The number of amides is 1. The van der Waals surface area contributed by atoms with E-state index >= 15 is 0 Å². The molecule has 0 aromatic carbocycles. The molecule has 0 aromatic rings. The molecule has 0 aliphatic carbocycles. The highest BCUT2D eigenvalue weighted by Gasteiger charge is 2.03. The van der Waals surface area contributed by atoms with Crippen molar-refractivity contribution in [3.05, 3.63) is 36.0 Å². The first-order valence-corrected chi connectivity index (χ1v) is 15.0. The Morgan fingerprint density at radius 3 is 1.80 bits per heavy atom. The zero-order valence-corrected chi connectivity index (χ0v) is 23.8. The molecule has 204 valence electrons. The Morgan fingerprint density at radius 1 is 0.657 bits per heavy atom. The average molecular weight is 490 g/mol. The number of rotatable bonds is 26. The van der Waals surface area contributed by atoms with Gasteiger partial charge in [0.2, 0.25) is 5.91 Å². The normalized spacial score (nSPS) is 12.3. The highest BCUT2D eigenvalue weighted by molar-refractivity contribution is 5.87. The second kappa shape index (κ2) is 28.9. The van der Waals surface area contributed by atoms with E-state index in [1.165, 1.54) is 103 Å². The molecule has 0 rings (SSSR count). The quantitative estimate of drug-likeness (QED) is 0.0746. The maximum atomic E-state index is 11.8. The van der Waals surface area contributed by atoms with Crippen LogP contribution in [0.1, 0.15) is 142 Å². The molecule has 0 bridgehead atoms. The van der Waals surface area contributed by atoms with E-state index in [-0.39, 0.29) is 5.91 Å². The molecule has 0 atom stereocenters. The highest BCUT2D eigenvalue weighted by atomic mass is 16.5. The van der Waals surface area contributed by atoms with Crippen molar-refractivity contribution in [1.29, 1.82) is 0 Å². The van der Waals surface area contributed by atoms with E-state index in [0.717, 1.165) is 37.9 Å². The standard InChI is InChI=1S/C32H59NO2/c1-4-6-8-10-12-13-14-15-16-17-18-19-20-22-24-26-28-35-30-31(29-32(34)33-3)27-25-23-21-11-9-7-5-2/h12-13,15-16,29H,4-11,14,17-28,30H2,1-3H3,(H,33,34)/b13-12-,16-15-,31-29+. The molecule has 0 saturated carbocycles. The Bertz CT molecular complexity index is 536. The van der Waals surface area contributed by atoms with Gasteiger partial charge in [0.15, 0.2) is 0 Å². The molecule has 3 heteroatoms. The summed E-state index contributed by atoms with van der Waals surface area (Å²) in [5.41, 5.74) is 1.14. The molecule has 0 aliphatic heterocycles. The van der Waals surface area contributed by atoms with Crippen molar-refractivity contribution in [2.45, 2.75) is 142 Å². The van der Waals surface area contributed by atoms with E-state index in [0.29, 0.717) is 6.61 Å². The zero-order chi connectivity index (χ0) is 25.7. The summed E-state index contributed by atoms with van der Waals surface area (Å²) in [6.07, 6.45) is 36.2. The van der Waals surface area contributed by atoms with Crippen LogP contribution in [0.25, 0.3) is 0 Å².